The lowest BCUT2D eigenvalue weighted by Crippen LogP contribution is -2.43. The number of carbonyl (C=O) groups is 1. The molecule has 116 valence electrons. The van der Waals surface area contributed by atoms with Crippen LogP contribution in [0.2, 0.25) is 0 Å². The first-order valence-electron chi connectivity index (χ1n) is 7.85. The van der Waals surface area contributed by atoms with Crippen LogP contribution in [0.5, 0.6) is 0 Å². The van der Waals surface area contributed by atoms with Crippen LogP contribution in [0.15, 0.2) is 18.3 Å². The smallest absolute Gasteiger partial charge is 0.272 e. The minimum absolute atomic E-state index is 0.0557. The molecule has 0 bridgehead atoms. The number of aromatic nitrogens is 1. The quantitative estimate of drug-likeness (QED) is 0.922. The van der Waals surface area contributed by atoms with Gasteiger partial charge in [0.05, 0.1) is 11.9 Å². The van der Waals surface area contributed by atoms with E-state index in [1.54, 1.807) is 6.20 Å². The Morgan fingerprint density at radius 3 is 2.81 bits per heavy atom. The minimum atomic E-state index is 0.0557. The van der Waals surface area contributed by atoms with Crippen molar-refractivity contribution in [2.45, 2.75) is 32.7 Å². The van der Waals surface area contributed by atoms with E-state index in [0.29, 0.717) is 5.69 Å². The van der Waals surface area contributed by atoms with Crippen LogP contribution < -0.4 is 5.32 Å². The summed E-state index contributed by atoms with van der Waals surface area (Å²) in [6.45, 7) is 7.85. The number of carbonyl (C=O) groups excluding carboxylic acids is 1. The zero-order valence-electron chi connectivity index (χ0n) is 13.3. The van der Waals surface area contributed by atoms with Gasteiger partial charge in [0.15, 0.2) is 0 Å². The van der Waals surface area contributed by atoms with Gasteiger partial charge in [-0.15, -0.1) is 0 Å². The number of hydrogen-bond donors (Lipinski definition) is 1. The van der Waals surface area contributed by atoms with Gasteiger partial charge in [0.2, 0.25) is 0 Å². The van der Waals surface area contributed by atoms with E-state index in [4.69, 9.17) is 0 Å². The normalized spacial score (nSPS) is 20.1. The molecule has 1 atom stereocenters. The van der Waals surface area contributed by atoms with Crippen molar-refractivity contribution in [1.29, 1.82) is 0 Å². The van der Waals surface area contributed by atoms with Gasteiger partial charge in [-0.25, -0.2) is 4.98 Å². The third-order valence-corrected chi connectivity index (χ3v) is 4.00. The molecule has 0 radical (unpaired) electrons. The molecule has 2 heterocycles. The number of pyridine rings is 1. The molecule has 2 rings (SSSR count). The third kappa shape index (κ3) is 3.94. The fraction of sp³-hybridized carbons (Fsp3) is 0.625. The van der Waals surface area contributed by atoms with Gasteiger partial charge in [0.25, 0.3) is 5.91 Å². The van der Waals surface area contributed by atoms with Gasteiger partial charge in [-0.05, 0) is 45.5 Å². The second-order valence-corrected chi connectivity index (χ2v) is 5.64. The first-order valence-corrected chi connectivity index (χ1v) is 7.85. The van der Waals surface area contributed by atoms with Gasteiger partial charge in [0.1, 0.15) is 5.69 Å². The van der Waals surface area contributed by atoms with Crippen molar-refractivity contribution in [1.82, 2.24) is 14.8 Å². The topological polar surface area (TPSA) is 48.5 Å². The largest absolute Gasteiger partial charge is 0.384 e. The fourth-order valence-corrected chi connectivity index (χ4v) is 2.84. The predicted molar refractivity (Wildman–Crippen MR) is 85.6 cm³/mol. The van der Waals surface area contributed by atoms with Crippen LogP contribution in [-0.4, -0.2) is 60.0 Å². The molecule has 1 aromatic rings. The number of nitrogens with one attached hydrogen (secondary N) is 1. The molecule has 1 unspecified atom stereocenters. The molecule has 1 aromatic heterocycles. The van der Waals surface area contributed by atoms with Crippen LogP contribution in [0.3, 0.4) is 0 Å². The molecular weight excluding hydrogens is 264 g/mol. The summed E-state index contributed by atoms with van der Waals surface area (Å²) in [4.78, 5) is 21.4. The number of amides is 1. The lowest BCUT2D eigenvalue weighted by molar-refractivity contribution is 0.0669. The molecule has 0 spiro atoms. The molecule has 1 N–H and O–H groups in total. The highest BCUT2D eigenvalue weighted by atomic mass is 16.2. The lowest BCUT2D eigenvalue weighted by Gasteiger charge is -2.30. The molecule has 0 aliphatic carbocycles. The van der Waals surface area contributed by atoms with Gasteiger partial charge in [-0.2, -0.15) is 0 Å². The summed E-state index contributed by atoms with van der Waals surface area (Å²) >= 11 is 0. The second kappa shape index (κ2) is 7.41. The maximum Gasteiger partial charge on any atom is 0.272 e. The summed E-state index contributed by atoms with van der Waals surface area (Å²) in [5.74, 6) is 0.0557. The standard InChI is InChI=1S/C16H26N4O/c1-4-14-12-19(3)9-6-10-20(14)16(21)15-8-7-13(11-18-15)17-5-2/h7-8,11,14,17H,4-6,9-10,12H2,1-3H3. The number of rotatable bonds is 4. The molecule has 21 heavy (non-hydrogen) atoms. The van der Waals surface area contributed by atoms with E-state index in [1.807, 2.05) is 24.0 Å². The highest BCUT2D eigenvalue weighted by molar-refractivity contribution is 5.92. The van der Waals surface area contributed by atoms with Crippen molar-refractivity contribution >= 4 is 11.6 Å². The molecule has 1 saturated heterocycles. The average Bonchev–Trinajstić information content (AvgIpc) is 2.69. The van der Waals surface area contributed by atoms with Crippen molar-refractivity contribution < 1.29 is 4.79 Å². The molecule has 5 nitrogen and oxygen atoms in total. The maximum atomic E-state index is 12.7. The van der Waals surface area contributed by atoms with Gasteiger partial charge in [-0.1, -0.05) is 6.92 Å². The van der Waals surface area contributed by atoms with Crippen molar-refractivity contribution in [2.24, 2.45) is 0 Å². The van der Waals surface area contributed by atoms with Gasteiger partial charge in [-0.3, -0.25) is 4.79 Å². The summed E-state index contributed by atoms with van der Waals surface area (Å²) in [5, 5.41) is 3.19. The molecule has 1 fully saturated rings. The SMILES string of the molecule is CCNc1ccc(C(=O)N2CCCN(C)CC2CC)nc1. The van der Waals surface area contributed by atoms with Crippen molar-refractivity contribution in [3.8, 4) is 0 Å². The van der Waals surface area contributed by atoms with Gasteiger partial charge < -0.3 is 15.1 Å². The van der Waals surface area contributed by atoms with Crippen LogP contribution >= 0.6 is 0 Å². The van der Waals surface area contributed by atoms with Crippen LogP contribution in [0.25, 0.3) is 0 Å². The lowest BCUT2D eigenvalue weighted by atomic mass is 10.1. The van der Waals surface area contributed by atoms with Crippen LogP contribution in [0.1, 0.15) is 37.2 Å². The Hall–Kier alpha value is -1.62. The number of hydrogen-bond acceptors (Lipinski definition) is 4. The van der Waals surface area contributed by atoms with Crippen LogP contribution in [0, 0.1) is 0 Å². The van der Waals surface area contributed by atoms with E-state index in [1.165, 1.54) is 0 Å². The zero-order valence-corrected chi connectivity index (χ0v) is 13.3. The van der Waals surface area contributed by atoms with E-state index >= 15 is 0 Å². The van der Waals surface area contributed by atoms with Crippen LogP contribution in [0.4, 0.5) is 5.69 Å². The Morgan fingerprint density at radius 2 is 2.19 bits per heavy atom. The first-order chi connectivity index (χ1) is 10.2. The highest BCUT2D eigenvalue weighted by Crippen LogP contribution is 2.16. The Balaban J connectivity index is 2.12. The zero-order chi connectivity index (χ0) is 15.2. The van der Waals surface area contributed by atoms with E-state index in [2.05, 4.69) is 29.2 Å². The molecule has 1 aliphatic heterocycles. The fourth-order valence-electron chi connectivity index (χ4n) is 2.84. The molecule has 1 amide bonds. The van der Waals surface area contributed by atoms with E-state index in [0.717, 1.165) is 44.7 Å². The van der Waals surface area contributed by atoms with Gasteiger partial charge >= 0.3 is 0 Å². The average molecular weight is 290 g/mol. The second-order valence-electron chi connectivity index (χ2n) is 5.64. The Morgan fingerprint density at radius 1 is 1.38 bits per heavy atom. The van der Waals surface area contributed by atoms with E-state index in [-0.39, 0.29) is 11.9 Å². The number of likely N-dealkylation sites (N-methyl/N-ethyl adjacent to an activating group) is 1. The van der Waals surface area contributed by atoms with Crippen molar-refractivity contribution in [3.05, 3.63) is 24.0 Å². The molecule has 1 aliphatic rings. The van der Waals surface area contributed by atoms with Gasteiger partial charge in [0, 0.05) is 25.7 Å². The van der Waals surface area contributed by atoms with Crippen molar-refractivity contribution in [2.75, 3.05) is 38.5 Å². The number of anilines is 1. The third-order valence-electron chi connectivity index (χ3n) is 4.00. The summed E-state index contributed by atoms with van der Waals surface area (Å²) in [5.41, 5.74) is 1.50. The summed E-state index contributed by atoms with van der Waals surface area (Å²) < 4.78 is 0. The Labute approximate surface area is 127 Å². The monoisotopic (exact) mass is 290 g/mol. The molecule has 0 aromatic carbocycles. The minimum Gasteiger partial charge on any atom is -0.384 e. The van der Waals surface area contributed by atoms with Crippen LogP contribution in [-0.2, 0) is 0 Å². The molecule has 5 heteroatoms. The summed E-state index contributed by atoms with van der Waals surface area (Å²) in [6.07, 6.45) is 3.74. The van der Waals surface area contributed by atoms with E-state index < -0.39 is 0 Å². The highest BCUT2D eigenvalue weighted by Gasteiger charge is 2.27. The summed E-state index contributed by atoms with van der Waals surface area (Å²) in [6, 6.07) is 4.02. The maximum absolute atomic E-state index is 12.7. The Bertz CT molecular complexity index is 460. The van der Waals surface area contributed by atoms with E-state index in [9.17, 15) is 4.79 Å². The van der Waals surface area contributed by atoms with Crippen molar-refractivity contribution in [3.63, 3.8) is 0 Å². The Kier molecular flexibility index (Phi) is 5.56. The molecular formula is C16H26N4O. The molecule has 0 saturated carbocycles. The number of nitrogens with zero attached hydrogens (tertiary/aromatic N) is 3. The predicted octanol–water partition coefficient (Wildman–Crippen LogP) is 2.07. The first kappa shape index (κ1) is 15.8. The summed E-state index contributed by atoms with van der Waals surface area (Å²) in [7, 11) is 2.13.